The van der Waals surface area contributed by atoms with Gasteiger partial charge in [-0.25, -0.2) is 0 Å². The van der Waals surface area contributed by atoms with Gasteiger partial charge in [-0.15, -0.1) is 0 Å². The average Bonchev–Trinajstić information content (AvgIpc) is 2.61. The minimum absolute atomic E-state index is 0.0265. The van der Waals surface area contributed by atoms with E-state index in [0.29, 0.717) is 6.54 Å². The molecule has 1 atom stereocenters. The topological polar surface area (TPSA) is 42.0 Å². The highest BCUT2D eigenvalue weighted by Crippen LogP contribution is 2.31. The summed E-state index contributed by atoms with van der Waals surface area (Å²) in [4.78, 5) is 16.0. The summed E-state index contributed by atoms with van der Waals surface area (Å²) >= 11 is 0. The van der Waals surface area contributed by atoms with E-state index in [1.54, 1.807) is 13.2 Å². The first-order valence-electron chi connectivity index (χ1n) is 4.94. The highest BCUT2D eigenvalue weighted by atomic mass is 16.1. The molecule has 0 radical (unpaired) electrons. The maximum Gasteiger partial charge on any atom is 0.155 e. The monoisotopic (exact) mass is 190 g/mol. The number of hydrogen-bond donors (Lipinski definition) is 1. The molecule has 1 unspecified atom stereocenters. The van der Waals surface area contributed by atoms with E-state index >= 15 is 0 Å². The molecule has 0 aliphatic heterocycles. The predicted molar refractivity (Wildman–Crippen MR) is 54.2 cm³/mol. The van der Waals surface area contributed by atoms with Crippen LogP contribution in [0.4, 0.5) is 0 Å². The van der Waals surface area contributed by atoms with Crippen molar-refractivity contribution in [2.24, 2.45) is 0 Å². The smallest absolute Gasteiger partial charge is 0.155 e. The van der Waals surface area contributed by atoms with Gasteiger partial charge in [0.1, 0.15) is 0 Å². The van der Waals surface area contributed by atoms with Crippen LogP contribution in [0.15, 0.2) is 18.3 Å². The Balaban J connectivity index is 2.21. The Morgan fingerprint density at radius 3 is 3.36 bits per heavy atom. The van der Waals surface area contributed by atoms with E-state index in [0.717, 1.165) is 18.5 Å². The first-order valence-corrected chi connectivity index (χ1v) is 4.94. The van der Waals surface area contributed by atoms with Crippen LogP contribution in [0.1, 0.15) is 23.6 Å². The van der Waals surface area contributed by atoms with E-state index in [2.05, 4.69) is 16.4 Å². The van der Waals surface area contributed by atoms with Gasteiger partial charge in [-0.1, -0.05) is 6.07 Å². The Hall–Kier alpha value is -1.22. The molecule has 0 spiro atoms. The van der Waals surface area contributed by atoms with Gasteiger partial charge in [0.05, 0.1) is 18.2 Å². The summed E-state index contributed by atoms with van der Waals surface area (Å²) in [6.45, 7) is 0.445. The van der Waals surface area contributed by atoms with Crippen molar-refractivity contribution in [2.45, 2.75) is 18.8 Å². The van der Waals surface area contributed by atoms with Gasteiger partial charge in [0.25, 0.3) is 0 Å². The number of aromatic nitrogens is 1. The fourth-order valence-corrected chi connectivity index (χ4v) is 2.02. The third kappa shape index (κ3) is 1.55. The number of nitrogens with zero attached hydrogens (tertiary/aromatic N) is 1. The molecule has 1 aliphatic rings. The number of carbonyl (C=O) groups is 1. The number of aryl methyl sites for hydroxylation is 1. The Kier molecular flexibility index (Phi) is 2.59. The van der Waals surface area contributed by atoms with Crippen molar-refractivity contribution in [3.63, 3.8) is 0 Å². The molecule has 1 N–H and O–H groups in total. The van der Waals surface area contributed by atoms with E-state index < -0.39 is 0 Å². The van der Waals surface area contributed by atoms with Crippen molar-refractivity contribution >= 4 is 5.78 Å². The summed E-state index contributed by atoms with van der Waals surface area (Å²) in [5.74, 6) is 0.281. The molecule has 3 heteroatoms. The van der Waals surface area contributed by atoms with Crippen LogP contribution in [0.2, 0.25) is 0 Å². The molecule has 0 aromatic carbocycles. The standard InChI is InChI=1S/C11H14N2O/c1-12-7-10(14)9-5-4-8-3-2-6-13-11(8)9/h2-3,6,9,12H,4-5,7H2,1H3. The minimum atomic E-state index is 0.0265. The number of rotatable bonds is 3. The van der Waals surface area contributed by atoms with Gasteiger partial charge in [0, 0.05) is 6.20 Å². The average molecular weight is 190 g/mol. The van der Waals surface area contributed by atoms with E-state index in [9.17, 15) is 4.79 Å². The molecule has 14 heavy (non-hydrogen) atoms. The Morgan fingerprint density at radius 1 is 1.71 bits per heavy atom. The number of pyridine rings is 1. The summed E-state index contributed by atoms with van der Waals surface area (Å²) < 4.78 is 0. The van der Waals surface area contributed by atoms with Crippen molar-refractivity contribution in [3.05, 3.63) is 29.6 Å². The Morgan fingerprint density at radius 2 is 2.57 bits per heavy atom. The molecular formula is C11H14N2O. The van der Waals surface area contributed by atoms with Crippen LogP contribution < -0.4 is 5.32 Å². The van der Waals surface area contributed by atoms with Gasteiger partial charge in [-0.2, -0.15) is 0 Å². The molecular weight excluding hydrogens is 176 g/mol. The maximum absolute atomic E-state index is 11.7. The lowest BCUT2D eigenvalue weighted by Gasteiger charge is -2.08. The molecule has 1 aromatic heterocycles. The molecule has 1 heterocycles. The predicted octanol–water partition coefficient (Wildman–Crippen LogP) is 0.900. The van der Waals surface area contributed by atoms with Gasteiger partial charge in [0.2, 0.25) is 0 Å². The Bertz CT molecular complexity index is 349. The quantitative estimate of drug-likeness (QED) is 0.770. The van der Waals surface area contributed by atoms with Crippen molar-refractivity contribution in [3.8, 4) is 0 Å². The lowest BCUT2D eigenvalue weighted by Crippen LogP contribution is -2.23. The fourth-order valence-electron chi connectivity index (χ4n) is 2.02. The van der Waals surface area contributed by atoms with Crippen LogP contribution in [0.25, 0.3) is 0 Å². The first kappa shape index (κ1) is 9.34. The summed E-state index contributed by atoms with van der Waals surface area (Å²) in [5, 5.41) is 2.90. The molecule has 0 saturated heterocycles. The third-order valence-corrected chi connectivity index (χ3v) is 2.70. The summed E-state index contributed by atoms with van der Waals surface area (Å²) in [6, 6.07) is 4.00. The lowest BCUT2D eigenvalue weighted by molar-refractivity contribution is -0.119. The number of Topliss-reactive ketones (excluding diaryl/α,β-unsaturated/α-hetero) is 1. The minimum Gasteiger partial charge on any atom is -0.313 e. The summed E-state index contributed by atoms with van der Waals surface area (Å²) in [7, 11) is 1.80. The van der Waals surface area contributed by atoms with E-state index in [1.807, 2.05) is 6.07 Å². The molecule has 0 fully saturated rings. The lowest BCUT2D eigenvalue weighted by atomic mass is 10.0. The molecule has 1 aromatic rings. The molecule has 74 valence electrons. The second-order valence-corrected chi connectivity index (χ2v) is 3.64. The van der Waals surface area contributed by atoms with Gasteiger partial charge < -0.3 is 5.32 Å². The number of likely N-dealkylation sites (N-methyl/N-ethyl adjacent to an activating group) is 1. The van der Waals surface area contributed by atoms with Crippen LogP contribution in [-0.4, -0.2) is 24.4 Å². The normalized spacial score (nSPS) is 19.4. The van der Waals surface area contributed by atoms with E-state index in [1.165, 1.54) is 5.56 Å². The maximum atomic E-state index is 11.7. The highest BCUT2D eigenvalue weighted by molar-refractivity contribution is 5.88. The second kappa shape index (κ2) is 3.88. The van der Waals surface area contributed by atoms with Gasteiger partial charge >= 0.3 is 0 Å². The van der Waals surface area contributed by atoms with Crippen molar-refractivity contribution in [1.82, 2.24) is 10.3 Å². The zero-order valence-corrected chi connectivity index (χ0v) is 8.29. The molecule has 1 aliphatic carbocycles. The number of ketones is 1. The summed E-state index contributed by atoms with van der Waals surface area (Å²) in [6.07, 6.45) is 3.68. The summed E-state index contributed by atoms with van der Waals surface area (Å²) in [5.41, 5.74) is 2.23. The van der Waals surface area contributed by atoms with E-state index in [-0.39, 0.29) is 11.7 Å². The highest BCUT2D eigenvalue weighted by Gasteiger charge is 2.28. The van der Waals surface area contributed by atoms with Crippen molar-refractivity contribution < 1.29 is 4.79 Å². The number of hydrogen-bond acceptors (Lipinski definition) is 3. The number of nitrogens with one attached hydrogen (secondary N) is 1. The largest absolute Gasteiger partial charge is 0.313 e. The van der Waals surface area contributed by atoms with Crippen LogP contribution in [-0.2, 0) is 11.2 Å². The molecule has 0 bridgehead atoms. The second-order valence-electron chi connectivity index (χ2n) is 3.64. The van der Waals surface area contributed by atoms with Gasteiger partial charge in [0.15, 0.2) is 5.78 Å². The molecule has 3 nitrogen and oxygen atoms in total. The SMILES string of the molecule is CNCC(=O)C1CCc2cccnc21. The van der Waals surface area contributed by atoms with Gasteiger partial charge in [-0.05, 0) is 31.5 Å². The zero-order chi connectivity index (χ0) is 9.97. The Labute approximate surface area is 83.5 Å². The zero-order valence-electron chi connectivity index (χ0n) is 8.29. The van der Waals surface area contributed by atoms with Crippen LogP contribution in [0.5, 0.6) is 0 Å². The van der Waals surface area contributed by atoms with Crippen LogP contribution in [0.3, 0.4) is 0 Å². The van der Waals surface area contributed by atoms with Crippen LogP contribution >= 0.6 is 0 Å². The van der Waals surface area contributed by atoms with Crippen molar-refractivity contribution in [2.75, 3.05) is 13.6 Å². The van der Waals surface area contributed by atoms with Crippen LogP contribution in [0, 0.1) is 0 Å². The number of fused-ring (bicyclic) bond motifs is 1. The van der Waals surface area contributed by atoms with E-state index in [4.69, 9.17) is 0 Å². The first-order chi connectivity index (χ1) is 6.83. The fraction of sp³-hybridized carbons (Fsp3) is 0.455. The number of carbonyl (C=O) groups excluding carboxylic acids is 1. The van der Waals surface area contributed by atoms with Crippen molar-refractivity contribution in [1.29, 1.82) is 0 Å². The molecule has 0 amide bonds. The van der Waals surface area contributed by atoms with Gasteiger partial charge in [-0.3, -0.25) is 9.78 Å². The molecule has 2 rings (SSSR count). The third-order valence-electron chi connectivity index (χ3n) is 2.70. The molecule has 0 saturated carbocycles.